The van der Waals surface area contributed by atoms with E-state index in [0.29, 0.717) is 76.4 Å². The highest BCUT2D eigenvalue weighted by molar-refractivity contribution is 7.47. The van der Waals surface area contributed by atoms with Crippen LogP contribution in [0.15, 0.2) is 42.5 Å². The summed E-state index contributed by atoms with van der Waals surface area (Å²) in [6.07, 6.45) is 19.1. The Labute approximate surface area is 404 Å². The summed E-state index contributed by atoms with van der Waals surface area (Å²) in [5.41, 5.74) is 2.47. The topological polar surface area (TPSA) is 169 Å². The van der Waals surface area contributed by atoms with Crippen LogP contribution >= 0.6 is 19.4 Å². The van der Waals surface area contributed by atoms with Gasteiger partial charge in [0.2, 0.25) is 5.91 Å². The van der Waals surface area contributed by atoms with Gasteiger partial charge in [0.15, 0.2) is 6.10 Å². The predicted molar refractivity (Wildman–Crippen MR) is 265 cm³/mol. The Bertz CT molecular complexity index is 2000. The molecule has 0 saturated carbocycles. The summed E-state index contributed by atoms with van der Waals surface area (Å²) in [5, 5.41) is 4.21. The van der Waals surface area contributed by atoms with Crippen LogP contribution in [-0.2, 0) is 43.9 Å². The largest absolute Gasteiger partial charge is 0.497 e. The van der Waals surface area contributed by atoms with Crippen LogP contribution in [0, 0.1) is 6.92 Å². The van der Waals surface area contributed by atoms with Crippen molar-refractivity contribution in [2.75, 3.05) is 61.2 Å². The van der Waals surface area contributed by atoms with E-state index in [1.165, 1.54) is 70.6 Å². The number of esters is 2. The number of unbranched alkanes of at least 4 members (excludes halogenated alkanes) is 16. The average molecular weight is 978 g/mol. The number of halogens is 1. The fraction of sp³-hybridized carbons (Fsp3) is 0.647. The molecule has 1 heterocycles. The van der Waals surface area contributed by atoms with Crippen LogP contribution in [0.25, 0.3) is 10.9 Å². The molecule has 0 aliphatic heterocycles. The number of quaternary nitrogens is 1. The number of aromatic nitrogens is 1. The van der Waals surface area contributed by atoms with Gasteiger partial charge in [-0.05, 0) is 74.2 Å². The van der Waals surface area contributed by atoms with Crippen molar-refractivity contribution in [3.63, 3.8) is 0 Å². The molecule has 3 aromatic rings. The summed E-state index contributed by atoms with van der Waals surface area (Å²) in [7, 11) is 2.84. The van der Waals surface area contributed by atoms with E-state index in [0.717, 1.165) is 24.6 Å². The van der Waals surface area contributed by atoms with E-state index in [1.54, 1.807) is 48.1 Å². The van der Waals surface area contributed by atoms with Gasteiger partial charge in [0, 0.05) is 41.1 Å². The molecule has 14 nitrogen and oxygen atoms in total. The highest BCUT2D eigenvalue weighted by Crippen LogP contribution is 2.43. The van der Waals surface area contributed by atoms with Crippen molar-refractivity contribution in [2.24, 2.45) is 0 Å². The van der Waals surface area contributed by atoms with Crippen molar-refractivity contribution in [1.29, 1.82) is 0 Å². The van der Waals surface area contributed by atoms with Gasteiger partial charge in [-0.1, -0.05) is 115 Å². The predicted octanol–water partition coefficient (Wildman–Crippen LogP) is 11.1. The Morgan fingerprint density at radius 1 is 0.761 bits per heavy atom. The Balaban J connectivity index is 1.41. The molecule has 2 atom stereocenters. The van der Waals surface area contributed by atoms with E-state index < -0.39 is 32.5 Å². The highest BCUT2D eigenvalue weighted by Gasteiger charge is 2.27. The zero-order valence-corrected chi connectivity index (χ0v) is 42.9. The average Bonchev–Trinajstić information content (AvgIpc) is 3.55. The van der Waals surface area contributed by atoms with E-state index in [9.17, 15) is 28.6 Å². The summed E-state index contributed by atoms with van der Waals surface area (Å²) in [4.78, 5) is 62.7. The molecule has 2 N–H and O–H groups in total. The number of nitrogens with one attached hydrogen (secondary N) is 1. The first-order valence-electron chi connectivity index (χ1n) is 24.6. The lowest BCUT2D eigenvalue weighted by molar-refractivity contribution is -0.870. The lowest BCUT2D eigenvalue weighted by Gasteiger charge is -2.24. The number of rotatable bonds is 36. The SMILES string of the molecule is CCCCCCCCCCCCCCCCCC(=O)OCC(COP(=O)(O)OCC[N+](C)(C)C)OC(=O)CCCCCNC(=O)Cc1c(C)n(C(=O)c2ccc(Cl)cc2)c2ccc(OC)cc12. The molecule has 0 saturated heterocycles. The molecular formula is C51H80ClN3O11P+. The van der Waals surface area contributed by atoms with Crippen LogP contribution < -0.4 is 10.1 Å². The maximum absolute atomic E-state index is 13.6. The molecule has 0 fully saturated rings. The van der Waals surface area contributed by atoms with E-state index in [2.05, 4.69) is 12.2 Å². The number of carbonyl (C=O) groups is 4. The quantitative estimate of drug-likeness (QED) is 0.0246. The Hall–Kier alpha value is -3.78. The van der Waals surface area contributed by atoms with Crippen molar-refractivity contribution in [3.8, 4) is 5.75 Å². The summed E-state index contributed by atoms with van der Waals surface area (Å²) < 4.78 is 41.5. The first-order chi connectivity index (χ1) is 32.0. The maximum Gasteiger partial charge on any atom is 0.472 e. The molecule has 0 radical (unpaired) electrons. The van der Waals surface area contributed by atoms with Crippen LogP contribution in [0.5, 0.6) is 5.75 Å². The molecule has 0 aliphatic carbocycles. The van der Waals surface area contributed by atoms with Crippen molar-refractivity contribution < 1.29 is 56.4 Å². The van der Waals surface area contributed by atoms with Crippen molar-refractivity contribution in [1.82, 2.24) is 9.88 Å². The molecule has 3 rings (SSSR count). The zero-order valence-electron chi connectivity index (χ0n) is 41.3. The monoisotopic (exact) mass is 977 g/mol. The molecule has 67 heavy (non-hydrogen) atoms. The minimum atomic E-state index is -4.47. The highest BCUT2D eigenvalue weighted by atomic mass is 35.5. The van der Waals surface area contributed by atoms with Gasteiger partial charge in [-0.15, -0.1) is 0 Å². The van der Waals surface area contributed by atoms with E-state index in [-0.39, 0.29) is 44.3 Å². The number of ether oxygens (including phenoxy) is 3. The van der Waals surface area contributed by atoms with Gasteiger partial charge in [0.1, 0.15) is 25.5 Å². The third kappa shape index (κ3) is 23.4. The van der Waals surface area contributed by atoms with Gasteiger partial charge >= 0.3 is 19.8 Å². The van der Waals surface area contributed by atoms with Crippen LogP contribution in [0.3, 0.4) is 0 Å². The van der Waals surface area contributed by atoms with Gasteiger partial charge in [-0.25, -0.2) is 4.57 Å². The lowest BCUT2D eigenvalue weighted by atomic mass is 10.0. The van der Waals surface area contributed by atoms with Crippen molar-refractivity contribution in [3.05, 3.63) is 64.3 Å². The van der Waals surface area contributed by atoms with Crippen LogP contribution in [-0.4, -0.2) is 105 Å². The Morgan fingerprint density at radius 3 is 1.91 bits per heavy atom. The van der Waals surface area contributed by atoms with E-state index >= 15 is 0 Å². The fourth-order valence-electron chi connectivity index (χ4n) is 7.72. The van der Waals surface area contributed by atoms with Crippen LogP contribution in [0.4, 0.5) is 0 Å². The van der Waals surface area contributed by atoms with E-state index in [1.807, 2.05) is 34.1 Å². The number of nitrogens with zero attached hydrogens (tertiary/aromatic N) is 2. The van der Waals surface area contributed by atoms with Gasteiger partial charge in [0.05, 0.1) is 46.8 Å². The number of hydrogen-bond acceptors (Lipinski definition) is 10. The number of fused-ring (bicyclic) bond motifs is 1. The Morgan fingerprint density at radius 2 is 1.33 bits per heavy atom. The van der Waals surface area contributed by atoms with Crippen LogP contribution in [0.2, 0.25) is 5.02 Å². The van der Waals surface area contributed by atoms with Gasteiger partial charge in [0.25, 0.3) is 5.91 Å². The summed E-state index contributed by atoms with van der Waals surface area (Å²) >= 11 is 6.06. The molecular weight excluding hydrogens is 897 g/mol. The minimum absolute atomic E-state index is 0.0259. The van der Waals surface area contributed by atoms with Gasteiger partial charge < -0.3 is 28.9 Å². The number of methoxy groups -OCH3 is 1. The summed E-state index contributed by atoms with van der Waals surface area (Å²) in [5.74, 6) is -0.875. The van der Waals surface area contributed by atoms with Crippen LogP contribution in [0.1, 0.15) is 157 Å². The first kappa shape index (κ1) is 57.5. The molecule has 2 aromatic carbocycles. The van der Waals surface area contributed by atoms with E-state index in [4.69, 9.17) is 34.9 Å². The second-order valence-electron chi connectivity index (χ2n) is 18.5. The zero-order chi connectivity index (χ0) is 49.1. The second-order valence-corrected chi connectivity index (χ2v) is 20.4. The smallest absolute Gasteiger partial charge is 0.472 e. The normalized spacial score (nSPS) is 13.0. The summed E-state index contributed by atoms with van der Waals surface area (Å²) in [6.45, 7) is 4.04. The van der Waals surface area contributed by atoms with Gasteiger partial charge in [-0.3, -0.25) is 32.8 Å². The molecule has 1 aromatic heterocycles. The van der Waals surface area contributed by atoms with Gasteiger partial charge in [-0.2, -0.15) is 0 Å². The fourth-order valence-corrected chi connectivity index (χ4v) is 8.59. The number of carbonyl (C=O) groups excluding carboxylic acids is 4. The number of phosphoric ester groups is 1. The number of phosphoric acid groups is 1. The lowest BCUT2D eigenvalue weighted by Crippen LogP contribution is -2.37. The van der Waals surface area contributed by atoms with Crippen molar-refractivity contribution >= 4 is 54.1 Å². The minimum Gasteiger partial charge on any atom is -0.497 e. The Kier molecular flexibility index (Phi) is 26.9. The second kappa shape index (κ2) is 31.4. The summed E-state index contributed by atoms with van der Waals surface area (Å²) in [6, 6.07) is 12.1. The van der Waals surface area contributed by atoms with Crippen molar-refractivity contribution in [2.45, 2.75) is 155 Å². The first-order valence-corrected chi connectivity index (χ1v) is 26.4. The molecule has 0 bridgehead atoms. The third-order valence-electron chi connectivity index (χ3n) is 11.7. The molecule has 1 amide bonds. The third-order valence-corrected chi connectivity index (χ3v) is 12.9. The molecule has 0 spiro atoms. The maximum atomic E-state index is 13.6. The molecule has 2 unspecified atom stereocenters. The standard InChI is InChI=1S/C51H79ClN3O11P/c1-7-8-9-10-11-12-13-14-15-16-17-18-19-20-22-25-49(57)63-38-44(39-65-67(60,61)64-35-34-55(3,4)5)66-50(58)26-23-21-24-33-53-48(56)37-45-40(2)54(47-32-31-43(62-6)36-46(45)47)51(59)41-27-29-42(52)30-28-41/h27-32,36,44H,7-26,33-35,37-39H2,1-6H3,(H-,53,56,60,61)/p+1. The molecule has 16 heteroatoms. The number of amides is 1. The molecule has 376 valence electrons. The number of likely N-dealkylation sites (N-methyl/N-ethyl adjacent to an activating group) is 1. The number of hydrogen-bond donors (Lipinski definition) is 2. The molecule has 0 aliphatic rings. The number of benzene rings is 2.